The van der Waals surface area contributed by atoms with E-state index in [0.717, 1.165) is 10.9 Å². The van der Waals surface area contributed by atoms with E-state index in [1.807, 2.05) is 0 Å². The highest BCUT2D eigenvalue weighted by atomic mass is 19.1. The fourth-order valence-corrected chi connectivity index (χ4v) is 1.95. The maximum Gasteiger partial charge on any atom is 0.320 e. The number of H-pyrrole nitrogens is 1. The number of carbonyl (C=O) groups is 1. The monoisotopic (exact) mass is 343 g/mol. The molecule has 0 saturated carbocycles. The van der Waals surface area contributed by atoms with Crippen molar-refractivity contribution in [3.63, 3.8) is 0 Å². The van der Waals surface area contributed by atoms with Gasteiger partial charge in [-0.15, -0.1) is 9.89 Å². The normalized spacial score (nSPS) is 11.0. The van der Waals surface area contributed by atoms with Crippen LogP contribution in [0.25, 0.3) is 0 Å². The molecule has 1 aromatic heterocycles. The molecule has 3 aromatic rings. The summed E-state index contributed by atoms with van der Waals surface area (Å²) in [5.74, 6) is -1.73. The van der Waals surface area contributed by atoms with E-state index >= 15 is 0 Å². The number of benzene rings is 2. The summed E-state index contributed by atoms with van der Waals surface area (Å²) in [6, 6.07) is 10.6. The fourth-order valence-electron chi connectivity index (χ4n) is 1.95. The minimum atomic E-state index is -0.803. The summed E-state index contributed by atoms with van der Waals surface area (Å²) in [4.78, 5) is 24.9. The predicted octanol–water partition coefficient (Wildman–Crippen LogP) is 1.98. The van der Waals surface area contributed by atoms with Gasteiger partial charge in [-0.25, -0.2) is 8.78 Å². The molecule has 0 bridgehead atoms. The topological polar surface area (TPSA) is 92.1 Å². The Hall–Kier alpha value is -3.62. The van der Waals surface area contributed by atoms with Gasteiger partial charge in [0.2, 0.25) is 5.69 Å². The molecule has 0 aliphatic carbocycles. The molecule has 0 atom stereocenters. The first kappa shape index (κ1) is 16.2. The van der Waals surface area contributed by atoms with Crippen molar-refractivity contribution < 1.29 is 13.6 Å². The molecule has 3 rings (SSSR count). The van der Waals surface area contributed by atoms with Crippen LogP contribution in [0.3, 0.4) is 0 Å². The number of carbonyl (C=O) groups excluding carboxylic acids is 1. The van der Waals surface area contributed by atoms with Gasteiger partial charge in [-0.05, 0) is 35.9 Å². The maximum atomic E-state index is 13.1. The largest absolute Gasteiger partial charge is 0.320 e. The van der Waals surface area contributed by atoms with E-state index in [-0.39, 0.29) is 5.69 Å². The SMILES string of the molecule is O=C(Nc1cccc(F)c1)c1n[nH]n(N=Cc2ccc(F)cc2)c1=O. The molecule has 25 heavy (non-hydrogen) atoms. The van der Waals surface area contributed by atoms with Gasteiger partial charge >= 0.3 is 5.56 Å². The van der Waals surface area contributed by atoms with Crippen LogP contribution < -0.4 is 10.9 Å². The minimum absolute atomic E-state index is 0.189. The molecule has 126 valence electrons. The molecule has 0 radical (unpaired) electrons. The summed E-state index contributed by atoms with van der Waals surface area (Å²) < 4.78 is 25.9. The highest BCUT2D eigenvalue weighted by Crippen LogP contribution is 2.09. The Labute approximate surface area is 139 Å². The Kier molecular flexibility index (Phi) is 4.46. The second-order valence-corrected chi connectivity index (χ2v) is 4.94. The molecule has 1 amide bonds. The number of amides is 1. The Balaban J connectivity index is 1.77. The van der Waals surface area contributed by atoms with Crippen molar-refractivity contribution in [3.8, 4) is 0 Å². The van der Waals surface area contributed by atoms with E-state index in [1.165, 1.54) is 48.7 Å². The molecule has 2 aromatic carbocycles. The second-order valence-electron chi connectivity index (χ2n) is 4.94. The molecule has 0 spiro atoms. The van der Waals surface area contributed by atoms with E-state index in [2.05, 4.69) is 20.7 Å². The van der Waals surface area contributed by atoms with Gasteiger partial charge in [-0.2, -0.15) is 10.3 Å². The first-order valence-electron chi connectivity index (χ1n) is 7.07. The number of anilines is 1. The van der Waals surface area contributed by atoms with Crippen LogP contribution in [0.5, 0.6) is 0 Å². The number of halogens is 2. The highest BCUT2D eigenvalue weighted by molar-refractivity contribution is 6.02. The molecule has 7 nitrogen and oxygen atoms in total. The van der Waals surface area contributed by atoms with Gasteiger partial charge in [0.15, 0.2) is 0 Å². The zero-order chi connectivity index (χ0) is 17.8. The first-order chi connectivity index (χ1) is 12.0. The highest BCUT2D eigenvalue weighted by Gasteiger charge is 2.16. The number of rotatable bonds is 4. The number of hydrogen-bond donors (Lipinski definition) is 2. The lowest BCUT2D eigenvalue weighted by Crippen LogP contribution is -2.23. The van der Waals surface area contributed by atoms with Gasteiger partial charge in [0.1, 0.15) is 11.6 Å². The zero-order valence-corrected chi connectivity index (χ0v) is 12.6. The second kappa shape index (κ2) is 6.87. The van der Waals surface area contributed by atoms with Crippen molar-refractivity contribution >= 4 is 17.8 Å². The van der Waals surface area contributed by atoms with Gasteiger partial charge in [0.05, 0.1) is 6.21 Å². The van der Waals surface area contributed by atoms with Crippen molar-refractivity contribution in [2.45, 2.75) is 0 Å². The maximum absolute atomic E-state index is 13.1. The third-order valence-electron chi connectivity index (χ3n) is 3.14. The number of nitrogens with one attached hydrogen (secondary N) is 2. The van der Waals surface area contributed by atoms with Crippen LogP contribution in [0, 0.1) is 11.6 Å². The quantitative estimate of drug-likeness (QED) is 0.710. The number of hydrogen-bond acceptors (Lipinski definition) is 4. The van der Waals surface area contributed by atoms with Crippen molar-refractivity contribution in [3.05, 3.63) is 81.8 Å². The lowest BCUT2D eigenvalue weighted by Gasteiger charge is -2.01. The molecule has 1 heterocycles. The average Bonchev–Trinajstić information content (AvgIpc) is 2.95. The summed E-state index contributed by atoms with van der Waals surface area (Å²) in [7, 11) is 0. The van der Waals surface area contributed by atoms with Crippen molar-refractivity contribution in [2.24, 2.45) is 5.10 Å². The molecule has 0 unspecified atom stereocenters. The molecule has 0 saturated heterocycles. The zero-order valence-electron chi connectivity index (χ0n) is 12.6. The summed E-state index contributed by atoms with van der Waals surface area (Å²) in [6.07, 6.45) is 1.30. The van der Waals surface area contributed by atoms with E-state index in [0.29, 0.717) is 5.56 Å². The first-order valence-corrected chi connectivity index (χ1v) is 7.07. The van der Waals surface area contributed by atoms with E-state index in [1.54, 1.807) is 0 Å². The van der Waals surface area contributed by atoms with Crippen LogP contribution in [0.15, 0.2) is 58.4 Å². The summed E-state index contributed by atoms with van der Waals surface area (Å²) >= 11 is 0. The molecule has 2 N–H and O–H groups in total. The lowest BCUT2D eigenvalue weighted by molar-refractivity contribution is 0.102. The Morgan fingerprint density at radius 1 is 1.16 bits per heavy atom. The Morgan fingerprint density at radius 3 is 2.64 bits per heavy atom. The van der Waals surface area contributed by atoms with Gasteiger partial charge in [-0.1, -0.05) is 18.2 Å². The third kappa shape index (κ3) is 3.83. The smallest absolute Gasteiger partial charge is 0.320 e. The van der Waals surface area contributed by atoms with Gasteiger partial charge < -0.3 is 5.32 Å². The number of aromatic amines is 1. The molecule has 0 aliphatic rings. The van der Waals surface area contributed by atoms with E-state index in [4.69, 9.17) is 0 Å². The van der Waals surface area contributed by atoms with Crippen LogP contribution in [0.1, 0.15) is 16.1 Å². The third-order valence-corrected chi connectivity index (χ3v) is 3.14. The van der Waals surface area contributed by atoms with E-state index in [9.17, 15) is 18.4 Å². The van der Waals surface area contributed by atoms with Gasteiger partial charge in [0, 0.05) is 5.69 Å². The fraction of sp³-hybridized carbons (Fsp3) is 0. The summed E-state index contributed by atoms with van der Waals surface area (Å²) in [5, 5.41) is 12.1. The molecule has 0 fully saturated rings. The van der Waals surface area contributed by atoms with Crippen LogP contribution in [0.4, 0.5) is 14.5 Å². The van der Waals surface area contributed by atoms with Crippen molar-refractivity contribution in [1.29, 1.82) is 0 Å². The average molecular weight is 343 g/mol. The van der Waals surface area contributed by atoms with Crippen LogP contribution in [-0.2, 0) is 0 Å². The molecule has 9 heteroatoms. The molecule has 0 aliphatic heterocycles. The van der Waals surface area contributed by atoms with Crippen LogP contribution in [-0.4, -0.2) is 27.2 Å². The molecular formula is C16H11F2N5O2. The Bertz CT molecular complexity index is 992. The van der Waals surface area contributed by atoms with Gasteiger partial charge in [-0.3, -0.25) is 9.59 Å². The van der Waals surface area contributed by atoms with E-state index < -0.39 is 28.8 Å². The lowest BCUT2D eigenvalue weighted by atomic mass is 10.2. The van der Waals surface area contributed by atoms with Crippen molar-refractivity contribution in [1.82, 2.24) is 15.1 Å². The van der Waals surface area contributed by atoms with Gasteiger partial charge in [0.25, 0.3) is 5.91 Å². The summed E-state index contributed by atoms with van der Waals surface area (Å²) in [5.41, 5.74) is -0.477. The minimum Gasteiger partial charge on any atom is -0.320 e. The van der Waals surface area contributed by atoms with Crippen LogP contribution in [0.2, 0.25) is 0 Å². The number of nitrogens with zero attached hydrogens (tertiary/aromatic N) is 3. The predicted molar refractivity (Wildman–Crippen MR) is 86.6 cm³/mol. The summed E-state index contributed by atoms with van der Waals surface area (Å²) in [6.45, 7) is 0. The standard InChI is InChI=1S/C16H11F2N5O2/c17-11-6-4-10(5-7-11)9-19-23-16(25)14(21-22-23)15(24)20-13-3-1-2-12(18)8-13/h1-9,22H,(H,20,24). The Morgan fingerprint density at radius 2 is 1.92 bits per heavy atom. The van der Waals surface area contributed by atoms with Crippen LogP contribution >= 0.6 is 0 Å². The van der Waals surface area contributed by atoms with Crippen molar-refractivity contribution in [2.75, 3.05) is 5.32 Å². The number of aromatic nitrogens is 3. The molecular weight excluding hydrogens is 332 g/mol.